The Morgan fingerprint density at radius 3 is 2.75 bits per heavy atom. The van der Waals surface area contributed by atoms with E-state index in [1.54, 1.807) is 18.9 Å². The SMILES string of the molecule is COCCCCSc1nnc(N)n1C(C)C. The largest absolute Gasteiger partial charge is 0.385 e. The lowest BCUT2D eigenvalue weighted by atomic mass is 10.4. The molecule has 0 atom stereocenters. The monoisotopic (exact) mass is 244 g/mol. The number of nitrogens with zero attached hydrogens (tertiary/aromatic N) is 3. The fourth-order valence-electron chi connectivity index (χ4n) is 1.38. The molecule has 0 spiro atoms. The van der Waals surface area contributed by atoms with Crippen molar-refractivity contribution in [3.05, 3.63) is 0 Å². The summed E-state index contributed by atoms with van der Waals surface area (Å²) in [5.41, 5.74) is 5.75. The average Bonchev–Trinajstić information content (AvgIpc) is 2.59. The third-order valence-electron chi connectivity index (χ3n) is 2.18. The van der Waals surface area contributed by atoms with Crippen molar-refractivity contribution in [3.8, 4) is 0 Å². The van der Waals surface area contributed by atoms with E-state index in [1.807, 2.05) is 4.57 Å². The first-order valence-corrected chi connectivity index (χ1v) is 6.47. The molecule has 1 aromatic heterocycles. The number of thioether (sulfide) groups is 1. The van der Waals surface area contributed by atoms with Crippen molar-refractivity contribution < 1.29 is 4.74 Å². The van der Waals surface area contributed by atoms with Crippen LogP contribution in [0.25, 0.3) is 0 Å². The molecule has 0 aliphatic carbocycles. The van der Waals surface area contributed by atoms with Crippen LogP contribution in [-0.2, 0) is 4.74 Å². The second kappa shape index (κ2) is 6.75. The summed E-state index contributed by atoms with van der Waals surface area (Å²) in [5.74, 6) is 1.52. The summed E-state index contributed by atoms with van der Waals surface area (Å²) in [6.45, 7) is 4.98. The van der Waals surface area contributed by atoms with Gasteiger partial charge in [-0.15, -0.1) is 10.2 Å². The summed E-state index contributed by atoms with van der Waals surface area (Å²) in [5, 5.41) is 8.88. The van der Waals surface area contributed by atoms with Gasteiger partial charge in [0.1, 0.15) is 0 Å². The number of methoxy groups -OCH3 is 1. The number of rotatable bonds is 7. The zero-order valence-electron chi connectivity index (χ0n) is 10.1. The number of unbranched alkanes of at least 4 members (excludes halogenated alkanes) is 1. The molecule has 5 nitrogen and oxygen atoms in total. The Bertz CT molecular complexity index is 314. The Morgan fingerprint density at radius 2 is 2.12 bits per heavy atom. The minimum absolute atomic E-state index is 0.302. The van der Waals surface area contributed by atoms with E-state index in [-0.39, 0.29) is 0 Å². The molecule has 0 aromatic carbocycles. The second-order valence-corrected chi connectivity index (χ2v) is 4.91. The Kier molecular flexibility index (Phi) is 5.62. The molecule has 2 N–H and O–H groups in total. The van der Waals surface area contributed by atoms with Crippen molar-refractivity contribution in [2.45, 2.75) is 37.9 Å². The molecule has 0 aliphatic rings. The topological polar surface area (TPSA) is 66.0 Å². The normalized spacial score (nSPS) is 11.2. The summed E-state index contributed by atoms with van der Waals surface area (Å²) in [6, 6.07) is 0.302. The highest BCUT2D eigenvalue weighted by Crippen LogP contribution is 2.23. The number of nitrogen functional groups attached to an aromatic ring is 1. The number of aromatic nitrogens is 3. The summed E-state index contributed by atoms with van der Waals surface area (Å²) in [6.07, 6.45) is 2.19. The average molecular weight is 244 g/mol. The van der Waals surface area contributed by atoms with Crippen molar-refractivity contribution >= 4 is 17.7 Å². The molecule has 1 heterocycles. The molecule has 16 heavy (non-hydrogen) atoms. The first kappa shape index (κ1) is 13.3. The third kappa shape index (κ3) is 3.68. The fraction of sp³-hybridized carbons (Fsp3) is 0.800. The summed E-state index contributed by atoms with van der Waals surface area (Å²) in [4.78, 5) is 0. The minimum Gasteiger partial charge on any atom is -0.385 e. The molecule has 0 fully saturated rings. The molecule has 6 heteroatoms. The summed E-state index contributed by atoms with van der Waals surface area (Å²) in [7, 11) is 1.73. The Hall–Kier alpha value is -0.750. The molecule has 0 bridgehead atoms. The van der Waals surface area contributed by atoms with E-state index >= 15 is 0 Å². The zero-order chi connectivity index (χ0) is 12.0. The van der Waals surface area contributed by atoms with Crippen LogP contribution in [0.1, 0.15) is 32.7 Å². The lowest BCUT2D eigenvalue weighted by molar-refractivity contribution is 0.194. The predicted octanol–water partition coefficient (Wildman–Crippen LogP) is 1.96. The fourth-order valence-corrected chi connectivity index (χ4v) is 2.46. The van der Waals surface area contributed by atoms with Crippen LogP contribution in [0.5, 0.6) is 0 Å². The molecule has 0 unspecified atom stereocenters. The van der Waals surface area contributed by atoms with Gasteiger partial charge < -0.3 is 10.5 Å². The number of hydrogen-bond acceptors (Lipinski definition) is 5. The van der Waals surface area contributed by atoms with Gasteiger partial charge in [0, 0.05) is 25.5 Å². The number of ether oxygens (including phenoxy) is 1. The molecular weight excluding hydrogens is 224 g/mol. The number of hydrogen-bond donors (Lipinski definition) is 1. The highest BCUT2D eigenvalue weighted by molar-refractivity contribution is 7.99. The predicted molar refractivity (Wildman–Crippen MR) is 66.7 cm³/mol. The standard InChI is InChI=1S/C10H20N4OS/c1-8(2)14-9(11)12-13-10(14)16-7-5-4-6-15-3/h8H,4-7H2,1-3H3,(H2,11,12). The summed E-state index contributed by atoms with van der Waals surface area (Å²) >= 11 is 1.70. The van der Waals surface area contributed by atoms with Crippen molar-refractivity contribution in [1.82, 2.24) is 14.8 Å². The van der Waals surface area contributed by atoms with E-state index in [0.717, 1.165) is 30.4 Å². The van der Waals surface area contributed by atoms with Gasteiger partial charge in [-0.05, 0) is 26.7 Å². The highest BCUT2D eigenvalue weighted by atomic mass is 32.2. The maximum atomic E-state index is 5.75. The van der Waals surface area contributed by atoms with Gasteiger partial charge in [0.05, 0.1) is 0 Å². The molecule has 0 amide bonds. The molecule has 92 valence electrons. The molecular formula is C10H20N4OS. The van der Waals surface area contributed by atoms with Gasteiger partial charge in [-0.1, -0.05) is 11.8 Å². The van der Waals surface area contributed by atoms with Gasteiger partial charge in [-0.3, -0.25) is 4.57 Å². The second-order valence-electron chi connectivity index (χ2n) is 3.85. The van der Waals surface area contributed by atoms with Crippen LogP contribution in [0.2, 0.25) is 0 Å². The van der Waals surface area contributed by atoms with Gasteiger partial charge in [-0.2, -0.15) is 0 Å². The van der Waals surface area contributed by atoms with Crippen LogP contribution < -0.4 is 5.73 Å². The minimum atomic E-state index is 0.302. The Labute approximate surface area is 101 Å². The first-order valence-electron chi connectivity index (χ1n) is 5.49. The van der Waals surface area contributed by atoms with Crippen molar-refractivity contribution in [3.63, 3.8) is 0 Å². The van der Waals surface area contributed by atoms with Gasteiger partial charge in [0.15, 0.2) is 5.16 Å². The van der Waals surface area contributed by atoms with E-state index in [2.05, 4.69) is 24.0 Å². The molecule has 1 rings (SSSR count). The smallest absolute Gasteiger partial charge is 0.222 e. The molecule has 0 saturated heterocycles. The van der Waals surface area contributed by atoms with Crippen molar-refractivity contribution in [2.75, 3.05) is 25.2 Å². The lowest BCUT2D eigenvalue weighted by Gasteiger charge is -2.10. The van der Waals surface area contributed by atoms with Gasteiger partial charge >= 0.3 is 0 Å². The van der Waals surface area contributed by atoms with E-state index < -0.39 is 0 Å². The molecule has 0 aliphatic heterocycles. The van der Waals surface area contributed by atoms with E-state index in [9.17, 15) is 0 Å². The highest BCUT2D eigenvalue weighted by Gasteiger charge is 2.12. The van der Waals surface area contributed by atoms with Gasteiger partial charge in [0.25, 0.3) is 0 Å². The van der Waals surface area contributed by atoms with Crippen LogP contribution in [0, 0.1) is 0 Å². The Balaban J connectivity index is 2.41. The van der Waals surface area contributed by atoms with Crippen LogP contribution >= 0.6 is 11.8 Å². The zero-order valence-corrected chi connectivity index (χ0v) is 11.0. The molecule has 0 radical (unpaired) electrons. The quantitative estimate of drug-likeness (QED) is 0.586. The van der Waals surface area contributed by atoms with E-state index in [1.165, 1.54) is 0 Å². The van der Waals surface area contributed by atoms with Crippen LogP contribution in [0.4, 0.5) is 5.95 Å². The summed E-state index contributed by atoms with van der Waals surface area (Å²) < 4.78 is 6.96. The maximum Gasteiger partial charge on any atom is 0.222 e. The maximum absolute atomic E-state index is 5.75. The molecule has 1 aromatic rings. The van der Waals surface area contributed by atoms with E-state index in [0.29, 0.717) is 12.0 Å². The first-order chi connectivity index (χ1) is 7.66. The van der Waals surface area contributed by atoms with Gasteiger partial charge in [0.2, 0.25) is 5.95 Å². The van der Waals surface area contributed by atoms with Gasteiger partial charge in [-0.25, -0.2) is 0 Å². The van der Waals surface area contributed by atoms with Crippen LogP contribution in [-0.4, -0.2) is 34.2 Å². The third-order valence-corrected chi connectivity index (χ3v) is 3.21. The van der Waals surface area contributed by atoms with Crippen molar-refractivity contribution in [2.24, 2.45) is 0 Å². The number of anilines is 1. The Morgan fingerprint density at radius 1 is 1.38 bits per heavy atom. The number of nitrogens with two attached hydrogens (primary N) is 1. The lowest BCUT2D eigenvalue weighted by Crippen LogP contribution is -2.07. The van der Waals surface area contributed by atoms with Crippen LogP contribution in [0.3, 0.4) is 0 Å². The van der Waals surface area contributed by atoms with E-state index in [4.69, 9.17) is 10.5 Å². The van der Waals surface area contributed by atoms with Crippen LogP contribution in [0.15, 0.2) is 5.16 Å². The molecule has 0 saturated carbocycles. The van der Waals surface area contributed by atoms with Crippen molar-refractivity contribution in [1.29, 1.82) is 0 Å².